The van der Waals surface area contributed by atoms with Gasteiger partial charge in [0.2, 0.25) is 0 Å². The lowest BCUT2D eigenvalue weighted by molar-refractivity contribution is -0.384. The minimum Gasteiger partial charge on any atom is -0.505 e. The minimum atomic E-state index is -5.13. The van der Waals surface area contributed by atoms with Gasteiger partial charge in [-0.15, -0.1) is 15.3 Å². The molecule has 0 radical (unpaired) electrons. The molecule has 0 saturated carbocycles. The van der Waals surface area contributed by atoms with Gasteiger partial charge in [0.05, 0.1) is 21.7 Å². The fourth-order valence-corrected chi connectivity index (χ4v) is 5.53. The Bertz CT molecular complexity index is 2280. The molecule has 0 aliphatic heterocycles. The van der Waals surface area contributed by atoms with Gasteiger partial charge in [0.15, 0.2) is 11.5 Å². The summed E-state index contributed by atoms with van der Waals surface area (Å²) in [6.07, 6.45) is 0. The molecule has 0 atom stereocenters. The number of nitrogens with zero attached hydrogens (tertiary/aromatic N) is 5. The zero-order valence-electron chi connectivity index (χ0n) is 23.0. The van der Waals surface area contributed by atoms with Gasteiger partial charge in [-0.25, -0.2) is 0 Å². The van der Waals surface area contributed by atoms with Crippen LogP contribution in [-0.2, 0) is 20.2 Å². The first-order valence-corrected chi connectivity index (χ1v) is 15.6. The molecule has 5 rings (SSSR count). The van der Waals surface area contributed by atoms with Crippen LogP contribution >= 0.6 is 0 Å². The van der Waals surface area contributed by atoms with E-state index in [0.29, 0.717) is 5.75 Å². The van der Waals surface area contributed by atoms with Crippen LogP contribution in [-0.4, -0.2) is 36.0 Å². The van der Waals surface area contributed by atoms with Crippen molar-refractivity contribution in [3.8, 4) is 17.2 Å². The van der Waals surface area contributed by atoms with E-state index in [0.717, 1.165) is 24.3 Å². The molecular weight excluding hydrogens is 644 g/mol. The van der Waals surface area contributed by atoms with Crippen LogP contribution < -0.4 is 10.5 Å². The molecule has 0 spiro atoms. The molecule has 0 fully saturated rings. The molecule has 234 valence electrons. The van der Waals surface area contributed by atoms with E-state index in [4.69, 9.17) is 10.5 Å². The number of anilines is 1. The van der Waals surface area contributed by atoms with Crippen molar-refractivity contribution in [3.63, 3.8) is 0 Å². The summed E-state index contributed by atoms with van der Waals surface area (Å²) in [4.78, 5) is 8.38. The van der Waals surface area contributed by atoms with E-state index in [-0.39, 0.29) is 33.6 Å². The van der Waals surface area contributed by atoms with Crippen molar-refractivity contribution in [2.75, 3.05) is 5.73 Å². The van der Waals surface area contributed by atoms with Gasteiger partial charge in [-0.05, 0) is 53.9 Å². The first-order chi connectivity index (χ1) is 21.7. The topological polar surface area (TPSA) is 257 Å². The Morgan fingerprint density at radius 1 is 0.739 bits per heavy atom. The monoisotopic (exact) mass is 664 g/mol. The van der Waals surface area contributed by atoms with Gasteiger partial charge in [-0.1, -0.05) is 30.3 Å². The predicted molar refractivity (Wildman–Crippen MR) is 164 cm³/mol. The summed E-state index contributed by atoms with van der Waals surface area (Å²) in [6.45, 7) is 0. The molecule has 0 aliphatic carbocycles. The van der Waals surface area contributed by atoms with E-state index in [2.05, 4.69) is 20.5 Å². The molecule has 5 aromatic rings. The largest absolute Gasteiger partial charge is 0.505 e. The molecule has 0 heterocycles. The number of para-hydroxylation sites is 2. The van der Waals surface area contributed by atoms with Crippen molar-refractivity contribution in [2.24, 2.45) is 20.5 Å². The van der Waals surface area contributed by atoms with Gasteiger partial charge in [-0.3, -0.25) is 19.2 Å². The highest BCUT2D eigenvalue weighted by Gasteiger charge is 2.28. The van der Waals surface area contributed by atoms with E-state index >= 15 is 0 Å². The van der Waals surface area contributed by atoms with E-state index < -0.39 is 57.8 Å². The summed E-state index contributed by atoms with van der Waals surface area (Å²) in [5, 5.41) is 37.0. The Balaban J connectivity index is 1.69. The third-order valence-corrected chi connectivity index (χ3v) is 8.02. The van der Waals surface area contributed by atoms with Crippen LogP contribution in [0.15, 0.2) is 121 Å². The summed E-state index contributed by atoms with van der Waals surface area (Å²) >= 11 is 0. The van der Waals surface area contributed by atoms with Crippen LogP contribution in [0.5, 0.6) is 17.2 Å². The van der Waals surface area contributed by atoms with Crippen molar-refractivity contribution in [3.05, 3.63) is 101 Å². The van der Waals surface area contributed by atoms with Gasteiger partial charge in [-0.2, -0.15) is 21.9 Å². The number of azo groups is 2. The maximum absolute atomic E-state index is 12.4. The number of phenolic OH excluding ortho intramolecular Hbond substituents is 1. The van der Waals surface area contributed by atoms with Crippen LogP contribution in [0.2, 0.25) is 0 Å². The number of nitrogen functional groups attached to an aromatic ring is 1. The normalized spacial score (nSPS) is 12.2. The van der Waals surface area contributed by atoms with Gasteiger partial charge in [0, 0.05) is 12.1 Å². The van der Waals surface area contributed by atoms with Crippen molar-refractivity contribution < 1.29 is 40.7 Å². The SMILES string of the molecule is Nc1c(N=Nc2ccc([N+](=O)[O-])cc2)c(S(=O)(=O)O)cc2cc(S(=O)(=O)O)c(N=Nc3ccccc3Oc3ccccc3)c(O)c12. The number of rotatable bonds is 9. The lowest BCUT2D eigenvalue weighted by Crippen LogP contribution is -2.03. The molecule has 0 amide bonds. The fourth-order valence-electron chi connectivity index (χ4n) is 4.20. The highest BCUT2D eigenvalue weighted by Crippen LogP contribution is 2.48. The highest BCUT2D eigenvalue weighted by molar-refractivity contribution is 7.86. The minimum absolute atomic E-state index is 0.0307. The third-order valence-electron chi connectivity index (χ3n) is 6.29. The molecule has 5 aromatic carbocycles. The van der Waals surface area contributed by atoms with Crippen molar-refractivity contribution in [1.82, 2.24) is 0 Å². The molecule has 18 heteroatoms. The zero-order valence-corrected chi connectivity index (χ0v) is 24.6. The average molecular weight is 665 g/mol. The second-order valence-electron chi connectivity index (χ2n) is 9.31. The summed E-state index contributed by atoms with van der Waals surface area (Å²) in [7, 11) is -10.2. The quantitative estimate of drug-likeness (QED) is 0.0404. The Labute approximate surface area is 259 Å². The fraction of sp³-hybridized carbons (Fsp3) is 0. The van der Waals surface area contributed by atoms with Gasteiger partial charge in [0.25, 0.3) is 25.9 Å². The molecular formula is C28H20N6O10S2. The number of nitro benzene ring substituents is 1. The van der Waals surface area contributed by atoms with Gasteiger partial charge < -0.3 is 15.6 Å². The first-order valence-electron chi connectivity index (χ1n) is 12.7. The third kappa shape index (κ3) is 6.64. The summed E-state index contributed by atoms with van der Waals surface area (Å²) in [5.41, 5.74) is 4.07. The Kier molecular flexibility index (Phi) is 8.44. The van der Waals surface area contributed by atoms with Crippen LogP contribution in [0.4, 0.5) is 34.1 Å². The van der Waals surface area contributed by atoms with Crippen LogP contribution in [0.1, 0.15) is 0 Å². The average Bonchev–Trinajstić information content (AvgIpc) is 3.00. The van der Waals surface area contributed by atoms with E-state index in [1.807, 2.05) is 0 Å². The second kappa shape index (κ2) is 12.3. The molecule has 5 N–H and O–H groups in total. The summed E-state index contributed by atoms with van der Waals surface area (Å²) in [5.74, 6) is -0.283. The molecule has 16 nitrogen and oxygen atoms in total. The van der Waals surface area contributed by atoms with Crippen LogP contribution in [0, 0.1) is 10.1 Å². The van der Waals surface area contributed by atoms with Crippen molar-refractivity contribution >= 4 is 65.1 Å². The van der Waals surface area contributed by atoms with Crippen molar-refractivity contribution in [2.45, 2.75) is 9.79 Å². The number of ether oxygens (including phenoxy) is 1. The number of non-ortho nitro benzene ring substituents is 1. The number of nitro groups is 1. The Morgan fingerprint density at radius 3 is 1.91 bits per heavy atom. The lowest BCUT2D eigenvalue weighted by Gasteiger charge is -2.14. The number of hydrogen-bond acceptors (Lipinski definition) is 13. The smallest absolute Gasteiger partial charge is 0.296 e. The molecule has 0 unspecified atom stereocenters. The van der Waals surface area contributed by atoms with Crippen molar-refractivity contribution in [1.29, 1.82) is 0 Å². The number of aromatic hydroxyl groups is 1. The molecule has 0 aliphatic rings. The standard InChI is InChI=1S/C28H20N6O10S2/c29-25-24-16(14-22(45(38,39)40)26(25)32-30-17-10-12-18(13-11-17)34(36)37)15-23(46(41,42)43)27(28(24)35)33-31-20-8-4-5-9-21(20)44-19-6-2-1-3-7-19/h1-15,35H,29H2,(H,38,39,40)(H,41,42,43). The summed E-state index contributed by atoms with van der Waals surface area (Å²) in [6, 6.07) is 21.1. The Morgan fingerprint density at radius 2 is 1.30 bits per heavy atom. The number of phenols is 1. The maximum Gasteiger partial charge on any atom is 0.296 e. The van der Waals surface area contributed by atoms with Crippen LogP contribution in [0.3, 0.4) is 0 Å². The highest BCUT2D eigenvalue weighted by atomic mass is 32.2. The maximum atomic E-state index is 12.4. The molecule has 0 aromatic heterocycles. The predicted octanol–water partition coefficient (Wildman–Crippen LogP) is 7.15. The molecule has 46 heavy (non-hydrogen) atoms. The van der Waals surface area contributed by atoms with E-state index in [1.165, 1.54) is 18.2 Å². The van der Waals surface area contributed by atoms with Gasteiger partial charge in [0.1, 0.15) is 32.6 Å². The Hall–Kier alpha value is -5.82. The first kappa shape index (κ1) is 31.6. The lowest BCUT2D eigenvalue weighted by atomic mass is 10.1. The van der Waals surface area contributed by atoms with E-state index in [9.17, 15) is 41.2 Å². The number of fused-ring (bicyclic) bond motifs is 1. The number of benzene rings is 5. The number of hydrogen-bond donors (Lipinski definition) is 4. The second-order valence-corrected chi connectivity index (χ2v) is 12.1. The van der Waals surface area contributed by atoms with Gasteiger partial charge >= 0.3 is 0 Å². The summed E-state index contributed by atoms with van der Waals surface area (Å²) < 4.78 is 75.0. The van der Waals surface area contributed by atoms with E-state index in [1.54, 1.807) is 48.5 Å². The molecule has 0 bridgehead atoms. The molecule has 0 saturated heterocycles. The number of nitrogens with two attached hydrogens (primary N) is 1. The zero-order chi connectivity index (χ0) is 33.2. The van der Waals surface area contributed by atoms with Crippen LogP contribution in [0.25, 0.3) is 10.8 Å².